The van der Waals surface area contributed by atoms with Crippen LogP contribution in [0.15, 0.2) is 42.5 Å². The Kier molecular flexibility index (Phi) is 6.68. The predicted octanol–water partition coefficient (Wildman–Crippen LogP) is 2.48. The second-order valence-electron chi connectivity index (χ2n) is 6.97. The number of hydrogen-bond donors (Lipinski definition) is 3. The van der Waals surface area contributed by atoms with Crippen LogP contribution in [0.4, 0.5) is 19.3 Å². The van der Waals surface area contributed by atoms with Gasteiger partial charge in [-0.1, -0.05) is 12.1 Å². The van der Waals surface area contributed by atoms with E-state index >= 15 is 0 Å². The number of carbonyl (C=O) groups is 3. The van der Waals surface area contributed by atoms with Crippen LogP contribution in [0.5, 0.6) is 5.75 Å². The van der Waals surface area contributed by atoms with Crippen molar-refractivity contribution in [1.29, 1.82) is 0 Å². The molecule has 8 nitrogen and oxygen atoms in total. The summed E-state index contributed by atoms with van der Waals surface area (Å²) in [7, 11) is 0. The molecule has 164 valence electrons. The van der Waals surface area contributed by atoms with Crippen molar-refractivity contribution in [3.05, 3.63) is 59.7 Å². The predicted molar refractivity (Wildman–Crippen MR) is 106 cm³/mol. The van der Waals surface area contributed by atoms with Gasteiger partial charge in [0.05, 0.1) is 5.69 Å². The highest BCUT2D eigenvalue weighted by Crippen LogP contribution is 2.28. The third kappa shape index (κ3) is 5.68. The monoisotopic (exact) mass is 433 g/mol. The minimum absolute atomic E-state index is 0.187. The topological polar surface area (TPSA) is 106 Å². The highest BCUT2D eigenvalue weighted by atomic mass is 19.1. The number of rotatable bonds is 5. The van der Waals surface area contributed by atoms with E-state index in [1.807, 2.05) is 0 Å². The van der Waals surface area contributed by atoms with E-state index in [0.717, 1.165) is 12.1 Å². The van der Waals surface area contributed by atoms with Gasteiger partial charge in [-0.2, -0.15) is 0 Å². The number of fused-ring (bicyclic) bond motifs is 1. The zero-order chi connectivity index (χ0) is 22.5. The fourth-order valence-electron chi connectivity index (χ4n) is 2.96. The molecule has 31 heavy (non-hydrogen) atoms. The largest absolute Gasteiger partial charge is 0.486 e. The number of nitrogens with one attached hydrogen (secondary N) is 3. The van der Waals surface area contributed by atoms with Gasteiger partial charge in [-0.15, -0.1) is 0 Å². The molecule has 0 aromatic heterocycles. The lowest BCUT2D eigenvalue weighted by molar-refractivity contribution is -0.133. The average Bonchev–Trinajstić information content (AvgIpc) is 2.81. The van der Waals surface area contributed by atoms with Crippen LogP contribution in [0.2, 0.25) is 0 Å². The molecule has 0 radical (unpaired) electrons. The standard InChI is InChI=1S/C21H21F2N3O5/c1-11-18(20(28)25-16-5-3-4-6-17(16)30-11)26-19(27)12(2)31-21(29)24-10-13-7-14(22)9-15(23)8-13/h3-9,11-12,18H,10H2,1-2H3,(H,24,29)(H,25,28)(H,26,27)/t11-,12+,18+/m1/s1. The molecular weight excluding hydrogens is 412 g/mol. The Labute approximate surface area is 176 Å². The summed E-state index contributed by atoms with van der Waals surface area (Å²) in [6.07, 6.45) is -2.89. The maximum Gasteiger partial charge on any atom is 0.408 e. The number of ether oxygens (including phenoxy) is 2. The van der Waals surface area contributed by atoms with E-state index in [4.69, 9.17) is 9.47 Å². The Morgan fingerprint density at radius 2 is 1.87 bits per heavy atom. The SMILES string of the molecule is C[C@H](OC(=O)NCc1cc(F)cc(F)c1)C(=O)N[C@@H]1C(=O)Nc2ccccc2O[C@@H]1C. The molecule has 3 amide bonds. The van der Waals surface area contributed by atoms with Crippen molar-refractivity contribution in [3.8, 4) is 5.75 Å². The molecule has 0 bridgehead atoms. The Balaban J connectivity index is 1.53. The minimum atomic E-state index is -1.24. The first kappa shape index (κ1) is 22.0. The van der Waals surface area contributed by atoms with Gasteiger partial charge in [0.15, 0.2) is 6.10 Å². The van der Waals surface area contributed by atoms with E-state index in [-0.39, 0.29) is 12.1 Å². The Bertz CT molecular complexity index is 980. The zero-order valence-corrected chi connectivity index (χ0v) is 16.8. The van der Waals surface area contributed by atoms with Crippen LogP contribution in [0.3, 0.4) is 0 Å². The van der Waals surface area contributed by atoms with E-state index in [9.17, 15) is 23.2 Å². The van der Waals surface area contributed by atoms with Gasteiger partial charge in [0.2, 0.25) is 0 Å². The third-order valence-electron chi connectivity index (χ3n) is 4.52. The Morgan fingerprint density at radius 1 is 1.19 bits per heavy atom. The summed E-state index contributed by atoms with van der Waals surface area (Å²) in [5.41, 5.74) is 0.667. The van der Waals surface area contributed by atoms with Crippen LogP contribution >= 0.6 is 0 Å². The molecule has 10 heteroatoms. The molecule has 1 aliphatic rings. The zero-order valence-electron chi connectivity index (χ0n) is 16.8. The maximum atomic E-state index is 13.2. The van der Waals surface area contributed by atoms with Crippen LogP contribution in [-0.2, 0) is 20.9 Å². The Hall–Kier alpha value is -3.69. The van der Waals surface area contributed by atoms with E-state index in [2.05, 4.69) is 16.0 Å². The quantitative estimate of drug-likeness (QED) is 0.672. The van der Waals surface area contributed by atoms with E-state index in [0.29, 0.717) is 17.5 Å². The molecule has 1 aliphatic heterocycles. The van der Waals surface area contributed by atoms with Crippen molar-refractivity contribution in [1.82, 2.24) is 10.6 Å². The first-order valence-corrected chi connectivity index (χ1v) is 9.49. The lowest BCUT2D eigenvalue weighted by atomic mass is 10.1. The van der Waals surface area contributed by atoms with E-state index < -0.39 is 47.8 Å². The van der Waals surface area contributed by atoms with Crippen LogP contribution in [-0.4, -0.2) is 36.2 Å². The number of hydrogen-bond acceptors (Lipinski definition) is 5. The van der Waals surface area contributed by atoms with Gasteiger partial charge in [-0.05, 0) is 43.7 Å². The smallest absolute Gasteiger partial charge is 0.408 e. The molecule has 0 aliphatic carbocycles. The number of para-hydroxylation sites is 2. The minimum Gasteiger partial charge on any atom is -0.486 e. The van der Waals surface area contributed by atoms with Crippen molar-refractivity contribution in [2.75, 3.05) is 5.32 Å². The van der Waals surface area contributed by atoms with Crippen molar-refractivity contribution < 1.29 is 32.6 Å². The number of anilines is 1. The molecule has 0 fully saturated rings. The Morgan fingerprint density at radius 3 is 2.58 bits per heavy atom. The van der Waals surface area contributed by atoms with Crippen LogP contribution in [0.1, 0.15) is 19.4 Å². The summed E-state index contributed by atoms with van der Waals surface area (Å²) in [6, 6.07) is 8.65. The second kappa shape index (κ2) is 9.41. The fourth-order valence-corrected chi connectivity index (χ4v) is 2.96. The van der Waals surface area contributed by atoms with Crippen molar-refractivity contribution >= 4 is 23.6 Å². The van der Waals surface area contributed by atoms with Gasteiger partial charge in [-0.3, -0.25) is 9.59 Å². The van der Waals surface area contributed by atoms with Crippen molar-refractivity contribution in [2.24, 2.45) is 0 Å². The lowest BCUT2D eigenvalue weighted by Gasteiger charge is -2.23. The summed E-state index contributed by atoms with van der Waals surface area (Å²) in [6.45, 7) is 2.75. The lowest BCUT2D eigenvalue weighted by Crippen LogP contribution is -2.53. The van der Waals surface area contributed by atoms with Gasteiger partial charge in [0.1, 0.15) is 29.5 Å². The molecule has 2 aromatic rings. The van der Waals surface area contributed by atoms with Gasteiger partial charge < -0.3 is 25.4 Å². The molecule has 3 N–H and O–H groups in total. The number of alkyl carbamates (subject to hydrolysis) is 1. The molecule has 0 saturated carbocycles. The molecule has 0 spiro atoms. The maximum absolute atomic E-state index is 13.2. The molecule has 0 saturated heterocycles. The summed E-state index contributed by atoms with van der Waals surface area (Å²) in [5, 5.41) is 7.49. The number of halogens is 2. The van der Waals surface area contributed by atoms with Gasteiger partial charge >= 0.3 is 6.09 Å². The molecule has 2 aromatic carbocycles. The highest BCUT2D eigenvalue weighted by Gasteiger charge is 2.34. The first-order valence-electron chi connectivity index (χ1n) is 9.49. The molecule has 3 atom stereocenters. The van der Waals surface area contributed by atoms with Crippen molar-refractivity contribution in [3.63, 3.8) is 0 Å². The van der Waals surface area contributed by atoms with Gasteiger partial charge in [0.25, 0.3) is 11.8 Å². The van der Waals surface area contributed by atoms with Crippen molar-refractivity contribution in [2.45, 2.75) is 38.6 Å². The summed E-state index contributed by atoms with van der Waals surface area (Å²) >= 11 is 0. The number of benzene rings is 2. The average molecular weight is 433 g/mol. The van der Waals surface area contributed by atoms with E-state index in [1.165, 1.54) is 6.92 Å². The molecule has 3 rings (SSSR count). The second-order valence-corrected chi connectivity index (χ2v) is 6.97. The summed E-state index contributed by atoms with van der Waals surface area (Å²) in [5.74, 6) is -2.28. The van der Waals surface area contributed by atoms with Crippen LogP contribution in [0.25, 0.3) is 0 Å². The van der Waals surface area contributed by atoms with Gasteiger partial charge in [0, 0.05) is 12.6 Å². The summed E-state index contributed by atoms with van der Waals surface area (Å²) in [4.78, 5) is 36.9. The first-order chi connectivity index (χ1) is 14.7. The van der Waals surface area contributed by atoms with Crippen LogP contribution in [0, 0.1) is 11.6 Å². The number of amides is 3. The number of carbonyl (C=O) groups excluding carboxylic acids is 3. The molecule has 0 unspecified atom stereocenters. The molecule has 1 heterocycles. The van der Waals surface area contributed by atoms with Crippen LogP contribution < -0.4 is 20.7 Å². The summed E-state index contributed by atoms with van der Waals surface area (Å²) < 4.78 is 37.1. The van der Waals surface area contributed by atoms with Gasteiger partial charge in [-0.25, -0.2) is 13.6 Å². The third-order valence-corrected chi connectivity index (χ3v) is 4.52. The normalized spacial score (nSPS) is 18.5. The molecular formula is C21H21F2N3O5. The van der Waals surface area contributed by atoms with E-state index in [1.54, 1.807) is 31.2 Å². The fraction of sp³-hybridized carbons (Fsp3) is 0.286. The highest BCUT2D eigenvalue weighted by molar-refractivity contribution is 5.99.